The molecule has 0 N–H and O–H groups in total. The summed E-state index contributed by atoms with van der Waals surface area (Å²) in [5.74, 6) is -0.710. The number of aromatic nitrogens is 5. The van der Waals surface area contributed by atoms with Crippen molar-refractivity contribution >= 4 is 27.5 Å². The van der Waals surface area contributed by atoms with E-state index in [0.717, 1.165) is 11.6 Å². The van der Waals surface area contributed by atoms with Crippen LogP contribution in [0.5, 0.6) is 0 Å². The van der Waals surface area contributed by atoms with Gasteiger partial charge in [0.1, 0.15) is 5.65 Å². The van der Waals surface area contributed by atoms with Gasteiger partial charge < -0.3 is 9.42 Å². The molecule has 5 aromatic rings. The lowest BCUT2D eigenvalue weighted by molar-refractivity contribution is -0.138. The SMILES string of the molecule is CC(C)Cc1cnn2c3c(c(=O)n(-c4ccc(-c5nc(=O)on5C)cc4)c12)C[C@@H](C)N(C(=O)c1ccc(Br)c(C(F)(F)F)c1)C3. The fourth-order valence-corrected chi connectivity index (χ4v) is 6.34. The fourth-order valence-electron chi connectivity index (χ4n) is 5.86. The van der Waals surface area contributed by atoms with Crippen molar-refractivity contribution in [3.8, 4) is 17.1 Å². The number of rotatable bonds is 5. The van der Waals surface area contributed by atoms with Crippen LogP contribution in [0, 0.1) is 5.92 Å². The van der Waals surface area contributed by atoms with E-state index in [9.17, 15) is 27.6 Å². The van der Waals surface area contributed by atoms with Crippen LogP contribution >= 0.6 is 15.9 Å². The topological polar surface area (TPSA) is 108 Å². The van der Waals surface area contributed by atoms with E-state index in [0.29, 0.717) is 40.4 Å². The average Bonchev–Trinajstić information content (AvgIpc) is 3.54. The van der Waals surface area contributed by atoms with Gasteiger partial charge in [-0.2, -0.15) is 28.0 Å². The number of alkyl halides is 3. The molecule has 6 rings (SSSR count). The molecular weight excluding hydrogens is 657 g/mol. The first kappa shape index (κ1) is 30.6. The van der Waals surface area contributed by atoms with Crippen LogP contribution in [0.2, 0.25) is 0 Å². The standard InChI is InChI=1S/C31H28BrF3N6O4/c1-16(2)11-20-14-36-41-25-15-39(28(42)19-7-10-24(32)23(13-19)31(33,34)35)17(3)12-22(25)29(43)40(27(20)41)21-8-5-18(6-9-21)26-37-30(44)45-38(26)4/h5-10,13-14,16-17H,11-12,15H2,1-4H3/t17-/m1/s1. The second-order valence-corrected chi connectivity index (χ2v) is 12.4. The predicted octanol–water partition coefficient (Wildman–Crippen LogP) is 5.41. The normalized spacial score (nSPS) is 15.2. The van der Waals surface area contributed by atoms with Crippen molar-refractivity contribution in [2.75, 3.05) is 0 Å². The number of hydrogen-bond acceptors (Lipinski definition) is 6. The number of halogens is 4. The smallest absolute Gasteiger partial charge is 0.330 e. The molecule has 0 saturated heterocycles. The van der Waals surface area contributed by atoms with Crippen LogP contribution < -0.4 is 11.3 Å². The molecule has 10 nitrogen and oxygen atoms in total. The van der Waals surface area contributed by atoms with Crippen LogP contribution in [0.3, 0.4) is 0 Å². The van der Waals surface area contributed by atoms with Crippen LogP contribution in [0.25, 0.3) is 22.7 Å². The number of aryl methyl sites for hydroxylation is 1. The molecule has 0 aliphatic carbocycles. The Bertz CT molecular complexity index is 2070. The third-order valence-corrected chi connectivity index (χ3v) is 8.64. The molecule has 0 radical (unpaired) electrons. The lowest BCUT2D eigenvalue weighted by Gasteiger charge is -2.35. The Balaban J connectivity index is 1.47. The van der Waals surface area contributed by atoms with Gasteiger partial charge in [-0.3, -0.25) is 14.2 Å². The number of carbonyl (C=O) groups excluding carboxylic acids is 1. The van der Waals surface area contributed by atoms with Crippen molar-refractivity contribution in [3.63, 3.8) is 0 Å². The lowest BCUT2D eigenvalue weighted by atomic mass is 9.97. The summed E-state index contributed by atoms with van der Waals surface area (Å²) in [7, 11) is 1.57. The molecule has 1 amide bonds. The first-order valence-corrected chi connectivity index (χ1v) is 15.0. The van der Waals surface area contributed by atoms with Crippen molar-refractivity contribution in [3.05, 3.63) is 102 Å². The fraction of sp³-hybridized carbons (Fsp3) is 0.323. The van der Waals surface area contributed by atoms with Crippen molar-refractivity contribution in [2.24, 2.45) is 13.0 Å². The summed E-state index contributed by atoms with van der Waals surface area (Å²) in [6.45, 7) is 5.86. The number of fused-ring (bicyclic) bond motifs is 3. The van der Waals surface area contributed by atoms with Crippen LogP contribution in [0.1, 0.15) is 53.5 Å². The summed E-state index contributed by atoms with van der Waals surface area (Å²) in [4.78, 5) is 44.9. The Morgan fingerprint density at radius 1 is 1.13 bits per heavy atom. The minimum Gasteiger partial charge on any atom is -0.330 e. The van der Waals surface area contributed by atoms with E-state index in [1.807, 2.05) is 0 Å². The number of hydrogen-bond donors (Lipinski definition) is 0. The van der Waals surface area contributed by atoms with E-state index in [1.165, 1.54) is 21.8 Å². The Labute approximate surface area is 262 Å². The summed E-state index contributed by atoms with van der Waals surface area (Å²) in [5, 5.41) is 4.64. The first-order valence-electron chi connectivity index (χ1n) is 14.2. The molecule has 14 heteroatoms. The molecule has 0 fully saturated rings. The highest BCUT2D eigenvalue weighted by Crippen LogP contribution is 2.36. The third kappa shape index (κ3) is 5.40. The average molecular weight is 686 g/mol. The van der Waals surface area contributed by atoms with Crippen LogP contribution in [-0.4, -0.2) is 40.8 Å². The maximum absolute atomic E-state index is 14.3. The van der Waals surface area contributed by atoms with Gasteiger partial charge >= 0.3 is 11.9 Å². The molecule has 1 atom stereocenters. The maximum Gasteiger partial charge on any atom is 0.460 e. The van der Waals surface area contributed by atoms with Gasteiger partial charge in [-0.05, 0) is 68.1 Å². The second-order valence-electron chi connectivity index (χ2n) is 11.6. The lowest BCUT2D eigenvalue weighted by Crippen LogP contribution is -2.46. The van der Waals surface area contributed by atoms with Gasteiger partial charge in [-0.15, -0.1) is 0 Å². The van der Waals surface area contributed by atoms with E-state index >= 15 is 0 Å². The summed E-state index contributed by atoms with van der Waals surface area (Å²) in [6, 6.07) is 9.92. The van der Waals surface area contributed by atoms with Crippen molar-refractivity contribution < 1.29 is 22.5 Å². The van der Waals surface area contributed by atoms with Crippen LogP contribution in [0.4, 0.5) is 13.2 Å². The maximum atomic E-state index is 14.3. The van der Waals surface area contributed by atoms with Gasteiger partial charge in [0.15, 0.2) is 5.82 Å². The molecule has 0 unspecified atom stereocenters. The number of amides is 1. The van der Waals surface area contributed by atoms with Crippen molar-refractivity contribution in [1.29, 1.82) is 0 Å². The molecule has 45 heavy (non-hydrogen) atoms. The molecular formula is C31H28BrF3N6O4. The van der Waals surface area contributed by atoms with Crippen molar-refractivity contribution in [1.82, 2.24) is 28.8 Å². The Morgan fingerprint density at radius 2 is 1.84 bits per heavy atom. The highest BCUT2D eigenvalue weighted by atomic mass is 79.9. The zero-order chi connectivity index (χ0) is 32.4. The molecule has 4 heterocycles. The quantitative estimate of drug-likeness (QED) is 0.245. The van der Waals surface area contributed by atoms with Gasteiger partial charge in [-0.1, -0.05) is 29.8 Å². The number of nitrogens with zero attached hydrogens (tertiary/aromatic N) is 6. The minimum absolute atomic E-state index is 0.0126. The monoisotopic (exact) mass is 684 g/mol. The van der Waals surface area contributed by atoms with E-state index in [-0.39, 0.29) is 34.5 Å². The van der Waals surface area contributed by atoms with E-state index in [4.69, 9.17) is 4.52 Å². The molecule has 0 bridgehead atoms. The minimum atomic E-state index is -4.64. The van der Waals surface area contributed by atoms with Crippen LogP contribution in [0.15, 0.2) is 67.2 Å². The summed E-state index contributed by atoms with van der Waals surface area (Å²) in [5.41, 5.74) is 2.22. The molecule has 1 aliphatic heterocycles. The summed E-state index contributed by atoms with van der Waals surface area (Å²) >= 11 is 2.93. The zero-order valence-corrected chi connectivity index (χ0v) is 26.3. The Morgan fingerprint density at radius 3 is 2.47 bits per heavy atom. The third-order valence-electron chi connectivity index (χ3n) is 7.95. The van der Waals surface area contributed by atoms with E-state index in [2.05, 4.69) is 39.9 Å². The predicted molar refractivity (Wildman–Crippen MR) is 162 cm³/mol. The Hall–Kier alpha value is -4.46. The first-order chi connectivity index (χ1) is 21.2. The van der Waals surface area contributed by atoms with E-state index < -0.39 is 29.4 Å². The van der Waals surface area contributed by atoms with Gasteiger partial charge in [0, 0.05) is 39.8 Å². The molecule has 0 saturated carbocycles. The van der Waals surface area contributed by atoms with Crippen molar-refractivity contribution in [2.45, 2.75) is 52.4 Å². The molecule has 0 spiro atoms. The highest BCUT2D eigenvalue weighted by Gasteiger charge is 2.36. The summed E-state index contributed by atoms with van der Waals surface area (Å²) in [6.07, 6.45) is -2.13. The van der Waals surface area contributed by atoms with Gasteiger partial charge in [0.05, 0.1) is 29.7 Å². The second kappa shape index (κ2) is 11.2. The molecule has 1 aliphatic rings. The number of benzene rings is 2. The van der Waals surface area contributed by atoms with Gasteiger partial charge in [0.2, 0.25) is 0 Å². The molecule has 2 aromatic carbocycles. The highest BCUT2D eigenvalue weighted by molar-refractivity contribution is 9.10. The molecule has 3 aromatic heterocycles. The van der Waals surface area contributed by atoms with E-state index in [1.54, 1.807) is 53.5 Å². The molecule has 234 valence electrons. The van der Waals surface area contributed by atoms with Gasteiger partial charge in [-0.25, -0.2) is 9.31 Å². The Kier molecular flexibility index (Phi) is 7.58. The summed E-state index contributed by atoms with van der Waals surface area (Å²) < 4.78 is 50.1. The van der Waals surface area contributed by atoms with Crippen LogP contribution in [-0.2, 0) is 32.6 Å². The largest absolute Gasteiger partial charge is 0.460 e. The zero-order valence-electron chi connectivity index (χ0n) is 24.7. The number of carbonyl (C=O) groups is 1. The van der Waals surface area contributed by atoms with Gasteiger partial charge in [0.25, 0.3) is 11.5 Å².